The summed E-state index contributed by atoms with van der Waals surface area (Å²) in [6, 6.07) is 15.7. The van der Waals surface area contributed by atoms with Crippen LogP contribution in [0.1, 0.15) is 22.5 Å². The zero-order chi connectivity index (χ0) is 19.1. The van der Waals surface area contributed by atoms with Crippen molar-refractivity contribution < 1.29 is 4.79 Å². The van der Waals surface area contributed by atoms with Gasteiger partial charge in [0.2, 0.25) is 0 Å². The van der Waals surface area contributed by atoms with Crippen LogP contribution >= 0.6 is 11.6 Å². The smallest absolute Gasteiger partial charge is 0.315 e. The normalized spacial score (nSPS) is 10.6. The summed E-state index contributed by atoms with van der Waals surface area (Å²) in [7, 11) is 0. The Morgan fingerprint density at radius 1 is 1.07 bits per heavy atom. The fraction of sp³-hybridized carbons (Fsp3) is 0.238. The number of imidazole rings is 1. The first-order valence-corrected chi connectivity index (χ1v) is 9.29. The van der Waals surface area contributed by atoms with Gasteiger partial charge in [0.05, 0.1) is 0 Å². The lowest BCUT2D eigenvalue weighted by Crippen LogP contribution is -2.36. The van der Waals surface area contributed by atoms with Crippen molar-refractivity contribution in [3.63, 3.8) is 0 Å². The van der Waals surface area contributed by atoms with Crippen molar-refractivity contribution in [2.24, 2.45) is 0 Å². The van der Waals surface area contributed by atoms with Gasteiger partial charge in [-0.25, -0.2) is 9.78 Å². The molecule has 5 nitrogen and oxygen atoms in total. The Balaban J connectivity index is 1.44. The Bertz CT molecular complexity index is 906. The van der Waals surface area contributed by atoms with Crippen molar-refractivity contribution in [3.05, 3.63) is 88.5 Å². The van der Waals surface area contributed by atoms with Gasteiger partial charge in [0, 0.05) is 37.1 Å². The third-order valence-corrected chi connectivity index (χ3v) is 4.54. The number of halogens is 1. The first-order chi connectivity index (χ1) is 13.1. The van der Waals surface area contributed by atoms with Crippen LogP contribution in [-0.2, 0) is 19.5 Å². The van der Waals surface area contributed by atoms with E-state index in [0.717, 1.165) is 29.9 Å². The quantitative estimate of drug-likeness (QED) is 0.650. The molecule has 0 fully saturated rings. The summed E-state index contributed by atoms with van der Waals surface area (Å²) in [5, 5.41) is 6.48. The fourth-order valence-electron chi connectivity index (χ4n) is 2.86. The van der Waals surface area contributed by atoms with Gasteiger partial charge < -0.3 is 15.2 Å². The third-order valence-electron chi connectivity index (χ3n) is 4.31. The molecular weight excluding hydrogens is 360 g/mol. The number of carbonyl (C=O) groups is 1. The van der Waals surface area contributed by atoms with E-state index in [1.165, 1.54) is 5.56 Å². The number of amides is 2. The monoisotopic (exact) mass is 382 g/mol. The number of benzene rings is 2. The van der Waals surface area contributed by atoms with Gasteiger partial charge in [-0.15, -0.1) is 0 Å². The summed E-state index contributed by atoms with van der Waals surface area (Å²) in [6.07, 6.45) is 4.51. The molecule has 0 unspecified atom stereocenters. The Labute approximate surface area is 164 Å². The molecule has 2 aromatic carbocycles. The van der Waals surface area contributed by atoms with Gasteiger partial charge in [-0.3, -0.25) is 0 Å². The predicted molar refractivity (Wildman–Crippen MR) is 108 cm³/mol. The molecule has 3 rings (SSSR count). The van der Waals surface area contributed by atoms with Gasteiger partial charge in [0.1, 0.15) is 5.82 Å². The van der Waals surface area contributed by atoms with Crippen LogP contribution in [0.2, 0.25) is 5.02 Å². The number of hydrogen-bond donors (Lipinski definition) is 2. The van der Waals surface area contributed by atoms with Gasteiger partial charge >= 0.3 is 6.03 Å². The standard InChI is InChI=1S/C21H23ClN4O/c1-16-23-10-11-26(16)15-19-6-2-5-18(12-19)14-25-21(27)24-9-8-17-4-3-7-20(22)13-17/h2-7,10-13H,8-9,14-15H2,1H3,(H2,24,25,27). The van der Waals surface area contributed by atoms with Crippen LogP contribution in [0.15, 0.2) is 60.9 Å². The molecule has 2 N–H and O–H groups in total. The van der Waals surface area contributed by atoms with E-state index in [1.54, 1.807) is 6.20 Å². The van der Waals surface area contributed by atoms with Gasteiger partial charge in [0.15, 0.2) is 0 Å². The Kier molecular flexibility index (Phi) is 6.49. The number of rotatable bonds is 7. The SMILES string of the molecule is Cc1nccn1Cc1cccc(CNC(=O)NCCc2cccc(Cl)c2)c1. The predicted octanol–water partition coefficient (Wildman–Crippen LogP) is 3.94. The second-order valence-electron chi connectivity index (χ2n) is 6.41. The molecule has 0 aliphatic carbocycles. The van der Waals surface area contributed by atoms with Crippen LogP contribution < -0.4 is 10.6 Å². The highest BCUT2D eigenvalue weighted by atomic mass is 35.5. The maximum atomic E-state index is 12.0. The molecule has 27 heavy (non-hydrogen) atoms. The molecule has 0 aliphatic rings. The second kappa shape index (κ2) is 9.24. The minimum atomic E-state index is -0.173. The Morgan fingerprint density at radius 2 is 1.85 bits per heavy atom. The van der Waals surface area contributed by atoms with Crippen molar-refractivity contribution in [2.45, 2.75) is 26.4 Å². The van der Waals surface area contributed by atoms with Gasteiger partial charge in [-0.2, -0.15) is 0 Å². The molecule has 0 bridgehead atoms. The van der Waals surface area contributed by atoms with E-state index in [2.05, 4.69) is 32.3 Å². The summed E-state index contributed by atoms with van der Waals surface area (Å²) in [4.78, 5) is 16.2. The topological polar surface area (TPSA) is 59.0 Å². The highest BCUT2D eigenvalue weighted by Gasteiger charge is 2.03. The van der Waals surface area contributed by atoms with E-state index in [9.17, 15) is 4.79 Å². The fourth-order valence-corrected chi connectivity index (χ4v) is 3.08. The van der Waals surface area contributed by atoms with E-state index in [0.29, 0.717) is 18.1 Å². The summed E-state index contributed by atoms with van der Waals surface area (Å²) >= 11 is 5.97. The maximum absolute atomic E-state index is 12.0. The van der Waals surface area contributed by atoms with Crippen molar-refractivity contribution in [1.82, 2.24) is 20.2 Å². The van der Waals surface area contributed by atoms with Crippen LogP contribution in [-0.4, -0.2) is 22.1 Å². The number of nitrogens with zero attached hydrogens (tertiary/aromatic N) is 2. The Hall–Kier alpha value is -2.79. The molecular formula is C21H23ClN4O. The molecule has 3 aromatic rings. The average Bonchev–Trinajstić information content (AvgIpc) is 3.05. The average molecular weight is 383 g/mol. The van der Waals surface area contributed by atoms with Crippen LogP contribution in [0.5, 0.6) is 0 Å². The second-order valence-corrected chi connectivity index (χ2v) is 6.85. The first kappa shape index (κ1) is 19.0. The van der Waals surface area contributed by atoms with Crippen LogP contribution in [0.25, 0.3) is 0 Å². The van der Waals surface area contributed by atoms with Crippen LogP contribution in [0, 0.1) is 6.92 Å². The van der Waals surface area contributed by atoms with Crippen LogP contribution in [0.3, 0.4) is 0 Å². The zero-order valence-corrected chi connectivity index (χ0v) is 16.0. The molecule has 0 saturated heterocycles. The highest BCUT2D eigenvalue weighted by Crippen LogP contribution is 2.11. The molecule has 0 spiro atoms. The molecule has 1 aromatic heterocycles. The summed E-state index contributed by atoms with van der Waals surface area (Å²) in [5.41, 5.74) is 3.34. The van der Waals surface area contributed by atoms with Crippen LogP contribution in [0.4, 0.5) is 4.79 Å². The third kappa shape index (κ3) is 5.86. The van der Waals surface area contributed by atoms with Crippen molar-refractivity contribution in [1.29, 1.82) is 0 Å². The van der Waals surface area contributed by atoms with Gasteiger partial charge in [0.25, 0.3) is 0 Å². The van der Waals surface area contributed by atoms with Gasteiger partial charge in [-0.1, -0.05) is 48.0 Å². The van der Waals surface area contributed by atoms with Crippen molar-refractivity contribution in [2.75, 3.05) is 6.54 Å². The molecule has 0 atom stereocenters. The number of carbonyl (C=O) groups excluding carboxylic acids is 1. The number of aromatic nitrogens is 2. The first-order valence-electron chi connectivity index (χ1n) is 8.92. The molecule has 140 valence electrons. The van der Waals surface area contributed by atoms with Crippen molar-refractivity contribution >= 4 is 17.6 Å². The zero-order valence-electron chi connectivity index (χ0n) is 15.3. The molecule has 0 aliphatic heterocycles. The lowest BCUT2D eigenvalue weighted by Gasteiger charge is -2.10. The van der Waals surface area contributed by atoms with Crippen molar-refractivity contribution in [3.8, 4) is 0 Å². The Morgan fingerprint density at radius 3 is 2.63 bits per heavy atom. The summed E-state index contributed by atoms with van der Waals surface area (Å²) < 4.78 is 2.09. The lowest BCUT2D eigenvalue weighted by molar-refractivity contribution is 0.240. The van der Waals surface area contributed by atoms with E-state index in [4.69, 9.17) is 11.6 Å². The van der Waals surface area contributed by atoms with E-state index in [-0.39, 0.29) is 6.03 Å². The number of hydrogen-bond acceptors (Lipinski definition) is 2. The minimum Gasteiger partial charge on any atom is -0.338 e. The largest absolute Gasteiger partial charge is 0.338 e. The van der Waals surface area contributed by atoms with E-state index < -0.39 is 0 Å². The number of nitrogens with one attached hydrogen (secondary N) is 2. The molecule has 0 radical (unpaired) electrons. The summed E-state index contributed by atoms with van der Waals surface area (Å²) in [5.74, 6) is 0.984. The van der Waals surface area contributed by atoms with E-state index in [1.807, 2.05) is 49.5 Å². The molecule has 1 heterocycles. The van der Waals surface area contributed by atoms with E-state index >= 15 is 0 Å². The highest BCUT2D eigenvalue weighted by molar-refractivity contribution is 6.30. The molecule has 6 heteroatoms. The maximum Gasteiger partial charge on any atom is 0.315 e. The molecule has 0 saturated carbocycles. The lowest BCUT2D eigenvalue weighted by atomic mass is 10.1. The minimum absolute atomic E-state index is 0.173. The molecule has 2 amide bonds. The van der Waals surface area contributed by atoms with Gasteiger partial charge in [-0.05, 0) is 42.2 Å². The number of aryl methyl sites for hydroxylation is 1. The number of urea groups is 1. The summed E-state index contributed by atoms with van der Waals surface area (Å²) in [6.45, 7) is 3.80.